The number of ether oxygens (including phenoxy) is 1. The number of imidazole rings is 1. The number of hydrogen-bond acceptors (Lipinski definition) is 11. The third-order valence-electron chi connectivity index (χ3n) is 3.37. The summed E-state index contributed by atoms with van der Waals surface area (Å²) < 4.78 is 21.5. The maximum Gasteiger partial charge on any atom is 0.474 e. The molecular formula is C10H14N5O9P. The van der Waals surface area contributed by atoms with Gasteiger partial charge in [-0.25, -0.2) is 24.0 Å². The summed E-state index contributed by atoms with van der Waals surface area (Å²) in [4.78, 5) is 34.8. The molecule has 1 saturated heterocycles. The summed E-state index contributed by atoms with van der Waals surface area (Å²) in [6, 6.07) is 0. The molecule has 138 valence electrons. The van der Waals surface area contributed by atoms with Gasteiger partial charge in [0.2, 0.25) is 5.65 Å². The third kappa shape index (κ3) is 3.17. The van der Waals surface area contributed by atoms with Crippen LogP contribution in [0.1, 0.15) is 0 Å². The van der Waals surface area contributed by atoms with E-state index < -0.39 is 38.7 Å². The highest BCUT2D eigenvalue weighted by Gasteiger charge is 2.61. The zero-order valence-electron chi connectivity index (χ0n) is 12.3. The summed E-state index contributed by atoms with van der Waals surface area (Å²) in [7, 11) is -5.26. The molecule has 0 radical (unpaired) electrons. The number of phosphoric ester groups is 1. The molecule has 7 N–H and O–H groups in total. The highest BCUT2D eigenvalue weighted by molar-refractivity contribution is 7.46. The Morgan fingerprint density at radius 3 is 2.68 bits per heavy atom. The molecule has 0 unspecified atom stereocenters. The second kappa shape index (κ2) is 6.12. The van der Waals surface area contributed by atoms with E-state index in [1.807, 2.05) is 0 Å². The van der Waals surface area contributed by atoms with Crippen molar-refractivity contribution < 1.29 is 43.8 Å². The average Bonchev–Trinajstić information content (AvgIpc) is 3.02. The second-order valence-electron chi connectivity index (χ2n) is 5.05. The molecule has 3 rings (SSSR count). The monoisotopic (exact) mass is 379 g/mol. The number of aliphatic hydroxyl groups is 3. The van der Waals surface area contributed by atoms with Crippen molar-refractivity contribution in [1.82, 2.24) is 19.7 Å². The quantitative estimate of drug-likeness (QED) is 0.222. The van der Waals surface area contributed by atoms with E-state index in [1.54, 1.807) is 0 Å². The first kappa shape index (κ1) is 17.9. The molecule has 0 aromatic carbocycles. The summed E-state index contributed by atoms with van der Waals surface area (Å²) >= 11 is 0. The van der Waals surface area contributed by atoms with Crippen LogP contribution in [0.25, 0.3) is 11.2 Å². The van der Waals surface area contributed by atoms with Gasteiger partial charge in [0.05, 0.1) is 6.61 Å². The fraction of sp³-hybridized carbons (Fsp3) is 0.500. The molecule has 0 spiro atoms. The Bertz CT molecular complexity index is 826. The van der Waals surface area contributed by atoms with Crippen molar-refractivity contribution in [3.63, 3.8) is 0 Å². The lowest BCUT2D eigenvalue weighted by Crippen LogP contribution is -2.52. The lowest BCUT2D eigenvalue weighted by molar-refractivity contribution is -0.362. The van der Waals surface area contributed by atoms with Crippen molar-refractivity contribution in [3.8, 4) is 0 Å². The predicted molar refractivity (Wildman–Crippen MR) is 76.1 cm³/mol. The molecule has 0 saturated carbocycles. The zero-order valence-corrected chi connectivity index (χ0v) is 13.2. The Morgan fingerprint density at radius 1 is 1.36 bits per heavy atom. The SMILES string of the molecule is Nc1ncnc2c1ncn2O[C@]1(OP(=O)(O)O)O[C@H](CO)[C@@H](O)[C@@H]1O. The Hall–Kier alpha value is -1.90. The largest absolute Gasteiger partial charge is 0.474 e. The van der Waals surface area contributed by atoms with E-state index in [4.69, 9.17) is 30.2 Å². The van der Waals surface area contributed by atoms with Gasteiger partial charge in [-0.05, 0) is 0 Å². The van der Waals surface area contributed by atoms with Crippen molar-refractivity contribution >= 4 is 24.8 Å². The van der Waals surface area contributed by atoms with Gasteiger partial charge in [-0.2, -0.15) is 0 Å². The van der Waals surface area contributed by atoms with Crippen LogP contribution >= 0.6 is 7.82 Å². The van der Waals surface area contributed by atoms with Crippen LogP contribution in [0.5, 0.6) is 0 Å². The number of aromatic nitrogens is 4. The number of phosphoric acid groups is 1. The molecule has 14 nitrogen and oxygen atoms in total. The van der Waals surface area contributed by atoms with Crippen molar-refractivity contribution in [1.29, 1.82) is 0 Å². The van der Waals surface area contributed by atoms with Crippen LogP contribution in [-0.4, -0.2) is 75.7 Å². The van der Waals surface area contributed by atoms with Gasteiger partial charge in [-0.15, -0.1) is 4.73 Å². The molecule has 3 heterocycles. The minimum atomic E-state index is -5.26. The van der Waals surface area contributed by atoms with E-state index in [2.05, 4.69) is 19.5 Å². The van der Waals surface area contributed by atoms with Crippen molar-refractivity contribution in [2.24, 2.45) is 0 Å². The molecule has 1 aliphatic rings. The topological polar surface area (TPSA) is 216 Å². The van der Waals surface area contributed by atoms with E-state index >= 15 is 0 Å². The molecule has 0 bridgehead atoms. The first-order valence-corrected chi connectivity index (χ1v) is 8.24. The summed E-state index contributed by atoms with van der Waals surface area (Å²) in [5.74, 6) is -2.85. The molecule has 1 fully saturated rings. The van der Waals surface area contributed by atoms with Gasteiger partial charge in [0.1, 0.15) is 24.9 Å². The Morgan fingerprint density at radius 2 is 2.08 bits per heavy atom. The number of hydrogen-bond donors (Lipinski definition) is 6. The van der Waals surface area contributed by atoms with Crippen LogP contribution in [-0.2, 0) is 13.8 Å². The molecule has 2 aromatic heterocycles. The summed E-state index contributed by atoms with van der Waals surface area (Å²) in [6.45, 7) is -0.784. The lowest BCUT2D eigenvalue weighted by atomic mass is 10.1. The number of fused-ring (bicyclic) bond motifs is 1. The standard InChI is InChI=1S/C10H14N5O9P/c11-8-5-9(13-2-12-8)15(3-14-5)23-10(24-25(19,20)21)7(18)6(17)4(1-16)22-10/h2-4,6-7,16-18H,1H2,(H2,11,12,13)(H2,19,20,21)/t4-,6-,7+,10-/m1/s1. The van der Waals surface area contributed by atoms with E-state index in [9.17, 15) is 14.8 Å². The van der Waals surface area contributed by atoms with Crippen LogP contribution in [0.3, 0.4) is 0 Å². The lowest BCUT2D eigenvalue weighted by Gasteiger charge is -2.30. The minimum absolute atomic E-state index is 0.00142. The van der Waals surface area contributed by atoms with Gasteiger partial charge < -0.3 is 40.4 Å². The first-order chi connectivity index (χ1) is 11.7. The molecular weight excluding hydrogens is 365 g/mol. The molecule has 4 atom stereocenters. The number of nitrogens with zero attached hydrogens (tertiary/aromatic N) is 4. The molecule has 25 heavy (non-hydrogen) atoms. The maximum atomic E-state index is 11.3. The fourth-order valence-electron chi connectivity index (χ4n) is 2.28. The summed E-state index contributed by atoms with van der Waals surface area (Å²) in [5.41, 5.74) is 5.68. The van der Waals surface area contributed by atoms with Crippen LogP contribution in [0.4, 0.5) is 5.82 Å². The van der Waals surface area contributed by atoms with Gasteiger partial charge in [-0.1, -0.05) is 0 Å². The number of rotatable bonds is 5. The van der Waals surface area contributed by atoms with Crippen molar-refractivity contribution in [2.45, 2.75) is 24.3 Å². The minimum Gasteiger partial charge on any atom is -0.394 e. The van der Waals surface area contributed by atoms with E-state index in [0.29, 0.717) is 0 Å². The maximum absolute atomic E-state index is 11.3. The van der Waals surface area contributed by atoms with Crippen LogP contribution in [0.15, 0.2) is 12.7 Å². The smallest absolute Gasteiger partial charge is 0.394 e. The highest BCUT2D eigenvalue weighted by Crippen LogP contribution is 2.46. The van der Waals surface area contributed by atoms with Gasteiger partial charge in [0.25, 0.3) is 0 Å². The summed E-state index contributed by atoms with van der Waals surface area (Å²) in [6.07, 6.45) is -3.20. The molecule has 0 aliphatic carbocycles. The normalized spacial score (nSPS) is 30.0. The van der Waals surface area contributed by atoms with Crippen LogP contribution < -0.4 is 10.6 Å². The van der Waals surface area contributed by atoms with E-state index in [1.165, 1.54) is 0 Å². The highest BCUT2D eigenvalue weighted by atomic mass is 31.2. The fourth-order valence-corrected chi connectivity index (χ4v) is 2.79. The van der Waals surface area contributed by atoms with E-state index in [0.717, 1.165) is 17.4 Å². The first-order valence-electron chi connectivity index (χ1n) is 6.71. The van der Waals surface area contributed by atoms with Crippen molar-refractivity contribution in [3.05, 3.63) is 12.7 Å². The zero-order chi connectivity index (χ0) is 18.4. The van der Waals surface area contributed by atoms with Crippen molar-refractivity contribution in [2.75, 3.05) is 12.3 Å². The van der Waals surface area contributed by atoms with Crippen LogP contribution in [0, 0.1) is 0 Å². The Labute approximate surface area is 138 Å². The van der Waals surface area contributed by atoms with Gasteiger partial charge in [0, 0.05) is 0 Å². The molecule has 2 aromatic rings. The number of aliphatic hydroxyl groups excluding tert-OH is 3. The molecule has 0 amide bonds. The Balaban J connectivity index is 2.04. The van der Waals surface area contributed by atoms with E-state index in [-0.39, 0.29) is 17.0 Å². The molecule has 15 heteroatoms. The van der Waals surface area contributed by atoms with Gasteiger partial charge in [0.15, 0.2) is 17.4 Å². The average molecular weight is 379 g/mol. The summed E-state index contributed by atoms with van der Waals surface area (Å²) in [5, 5.41) is 29.1. The number of nitrogens with two attached hydrogens (primary N) is 1. The predicted octanol–water partition coefficient (Wildman–Crippen LogP) is -3.29. The molecule has 1 aliphatic heterocycles. The Kier molecular flexibility index (Phi) is 4.38. The van der Waals surface area contributed by atoms with Gasteiger partial charge >= 0.3 is 13.8 Å². The number of anilines is 1. The van der Waals surface area contributed by atoms with Gasteiger partial charge in [-0.3, -0.25) is 0 Å². The number of nitrogen functional groups attached to an aromatic ring is 1. The third-order valence-corrected chi connectivity index (χ3v) is 3.86. The van der Waals surface area contributed by atoms with Crippen LogP contribution in [0.2, 0.25) is 0 Å². The second-order valence-corrected chi connectivity index (χ2v) is 6.22.